The largest absolute Gasteiger partial charge is 0.306 e. The number of aryl methyl sites for hydroxylation is 1. The number of nitro benzene ring substituents is 2. The number of nitrogens with one attached hydrogen (secondary N) is 1. The molecule has 0 unspecified atom stereocenters. The van der Waals surface area contributed by atoms with Gasteiger partial charge in [0.25, 0.3) is 17.3 Å². The molecule has 3 rings (SSSR count). The summed E-state index contributed by atoms with van der Waals surface area (Å²) in [5.74, 6) is -0.0994. The van der Waals surface area contributed by atoms with Crippen LogP contribution in [0.5, 0.6) is 0 Å². The van der Waals surface area contributed by atoms with Crippen LogP contribution in [0.3, 0.4) is 0 Å². The second-order valence-corrected chi connectivity index (χ2v) is 5.61. The van der Waals surface area contributed by atoms with Gasteiger partial charge in [-0.2, -0.15) is 5.10 Å². The number of nitrogens with zero attached hydrogens (tertiary/aromatic N) is 4. The molecule has 0 saturated heterocycles. The van der Waals surface area contributed by atoms with Crippen LogP contribution in [0.15, 0.2) is 54.6 Å². The highest BCUT2D eigenvalue weighted by Crippen LogP contribution is 2.21. The van der Waals surface area contributed by atoms with Gasteiger partial charge in [0.2, 0.25) is 0 Å². The van der Waals surface area contributed by atoms with Crippen molar-refractivity contribution in [1.29, 1.82) is 0 Å². The molecule has 0 fully saturated rings. The number of amides is 1. The van der Waals surface area contributed by atoms with Crippen molar-refractivity contribution < 1.29 is 14.6 Å². The fourth-order valence-corrected chi connectivity index (χ4v) is 2.42. The molecule has 10 nitrogen and oxygen atoms in total. The average molecular weight is 367 g/mol. The summed E-state index contributed by atoms with van der Waals surface area (Å²) in [6, 6.07) is 12.6. The van der Waals surface area contributed by atoms with Crippen molar-refractivity contribution in [2.75, 3.05) is 5.32 Å². The third-order valence-electron chi connectivity index (χ3n) is 3.72. The minimum absolute atomic E-state index is 0.0564. The molecule has 1 aromatic heterocycles. The van der Waals surface area contributed by atoms with Gasteiger partial charge in [-0.15, -0.1) is 0 Å². The summed E-state index contributed by atoms with van der Waals surface area (Å²) in [4.78, 5) is 32.8. The van der Waals surface area contributed by atoms with Crippen molar-refractivity contribution in [2.24, 2.45) is 0 Å². The van der Waals surface area contributed by atoms with E-state index in [1.165, 1.54) is 53.2 Å². The summed E-state index contributed by atoms with van der Waals surface area (Å²) < 4.78 is 1.45. The Morgan fingerprint density at radius 1 is 0.963 bits per heavy atom. The summed E-state index contributed by atoms with van der Waals surface area (Å²) in [5.41, 5.74) is 1.24. The van der Waals surface area contributed by atoms with E-state index in [9.17, 15) is 25.0 Å². The van der Waals surface area contributed by atoms with E-state index >= 15 is 0 Å². The van der Waals surface area contributed by atoms with Crippen molar-refractivity contribution in [1.82, 2.24) is 9.78 Å². The predicted octanol–water partition coefficient (Wildman–Crippen LogP) is 3.25. The highest BCUT2D eigenvalue weighted by Gasteiger charge is 2.15. The predicted molar refractivity (Wildman–Crippen MR) is 96.0 cm³/mol. The van der Waals surface area contributed by atoms with Gasteiger partial charge < -0.3 is 5.32 Å². The number of hydrogen-bond acceptors (Lipinski definition) is 6. The number of non-ortho nitro benzene ring substituents is 2. The van der Waals surface area contributed by atoms with E-state index in [4.69, 9.17) is 0 Å². The van der Waals surface area contributed by atoms with Crippen molar-refractivity contribution >= 4 is 23.1 Å². The van der Waals surface area contributed by atoms with E-state index in [1.807, 2.05) is 0 Å². The van der Waals surface area contributed by atoms with E-state index in [0.717, 1.165) is 0 Å². The summed E-state index contributed by atoms with van der Waals surface area (Å²) >= 11 is 0. The first kappa shape index (κ1) is 17.7. The first-order valence-corrected chi connectivity index (χ1v) is 7.72. The summed E-state index contributed by atoms with van der Waals surface area (Å²) in [6.45, 7) is 1.74. The Labute approximate surface area is 152 Å². The van der Waals surface area contributed by atoms with Crippen LogP contribution in [-0.4, -0.2) is 25.5 Å². The second kappa shape index (κ2) is 7.04. The van der Waals surface area contributed by atoms with Gasteiger partial charge in [0.15, 0.2) is 0 Å². The maximum Gasteiger partial charge on any atom is 0.269 e. The lowest BCUT2D eigenvalue weighted by molar-refractivity contribution is -0.385. The van der Waals surface area contributed by atoms with E-state index in [-0.39, 0.29) is 16.9 Å². The first-order valence-electron chi connectivity index (χ1n) is 7.72. The van der Waals surface area contributed by atoms with Crippen LogP contribution < -0.4 is 5.32 Å². The molecule has 10 heteroatoms. The Morgan fingerprint density at radius 2 is 1.48 bits per heavy atom. The molecule has 2 aromatic carbocycles. The molecule has 0 spiro atoms. The highest BCUT2D eigenvalue weighted by atomic mass is 16.6. The van der Waals surface area contributed by atoms with Gasteiger partial charge in [0, 0.05) is 35.9 Å². The maximum absolute atomic E-state index is 12.4. The lowest BCUT2D eigenvalue weighted by Crippen LogP contribution is -2.15. The number of carbonyl (C=O) groups excluding carboxylic acids is 1. The Balaban J connectivity index is 1.86. The molecule has 136 valence electrons. The number of aromatic nitrogens is 2. The van der Waals surface area contributed by atoms with Crippen LogP contribution >= 0.6 is 0 Å². The summed E-state index contributed by atoms with van der Waals surface area (Å²) in [5, 5.41) is 28.4. The summed E-state index contributed by atoms with van der Waals surface area (Å²) in [6.07, 6.45) is 0. The van der Waals surface area contributed by atoms with Crippen LogP contribution in [0.25, 0.3) is 5.69 Å². The van der Waals surface area contributed by atoms with Crippen LogP contribution in [0.4, 0.5) is 17.2 Å². The molecular weight excluding hydrogens is 354 g/mol. The topological polar surface area (TPSA) is 133 Å². The zero-order chi connectivity index (χ0) is 19.6. The lowest BCUT2D eigenvalue weighted by Gasteiger charge is -2.09. The number of carbonyl (C=O) groups is 1. The minimum Gasteiger partial charge on any atom is -0.306 e. The van der Waals surface area contributed by atoms with Crippen molar-refractivity contribution in [3.05, 3.63) is 86.1 Å². The standard InChI is InChI=1S/C17H13N5O5/c1-11-10-16(18-17(23)12-2-4-14(5-3-12)21(24)25)20(19-11)13-6-8-15(9-7-13)22(26)27/h2-10H,1H3,(H,18,23). The van der Waals surface area contributed by atoms with Crippen LogP contribution in [-0.2, 0) is 0 Å². The molecule has 0 radical (unpaired) electrons. The molecular formula is C17H13N5O5. The van der Waals surface area contributed by atoms with Gasteiger partial charge in [-0.25, -0.2) is 4.68 Å². The quantitative estimate of drug-likeness (QED) is 0.543. The van der Waals surface area contributed by atoms with Crippen molar-refractivity contribution in [3.63, 3.8) is 0 Å². The van der Waals surface area contributed by atoms with Gasteiger partial charge in [0.05, 0.1) is 21.2 Å². The van der Waals surface area contributed by atoms with Gasteiger partial charge >= 0.3 is 0 Å². The summed E-state index contributed by atoms with van der Waals surface area (Å²) in [7, 11) is 0. The molecule has 1 heterocycles. The molecule has 0 saturated carbocycles. The smallest absolute Gasteiger partial charge is 0.269 e. The Kier molecular flexibility index (Phi) is 4.62. The molecule has 0 aliphatic heterocycles. The third-order valence-corrected chi connectivity index (χ3v) is 3.72. The number of anilines is 1. The first-order chi connectivity index (χ1) is 12.8. The minimum atomic E-state index is -0.547. The van der Waals surface area contributed by atoms with E-state index in [0.29, 0.717) is 17.2 Å². The number of hydrogen-bond donors (Lipinski definition) is 1. The van der Waals surface area contributed by atoms with E-state index in [2.05, 4.69) is 10.4 Å². The SMILES string of the molecule is Cc1cc(NC(=O)c2ccc([N+](=O)[O-])cc2)n(-c2ccc([N+](=O)[O-])cc2)n1. The molecule has 0 aliphatic carbocycles. The lowest BCUT2D eigenvalue weighted by atomic mass is 10.2. The monoisotopic (exact) mass is 367 g/mol. The van der Waals surface area contributed by atoms with Gasteiger partial charge in [-0.1, -0.05) is 0 Å². The molecule has 0 atom stereocenters. The van der Waals surface area contributed by atoms with Gasteiger partial charge in [0.1, 0.15) is 5.82 Å². The van der Waals surface area contributed by atoms with Gasteiger partial charge in [-0.05, 0) is 31.2 Å². The van der Waals surface area contributed by atoms with E-state index in [1.54, 1.807) is 13.0 Å². The Morgan fingerprint density at radius 3 is 2.00 bits per heavy atom. The molecule has 0 aliphatic rings. The molecule has 1 amide bonds. The van der Waals surface area contributed by atoms with Crippen LogP contribution in [0.1, 0.15) is 16.1 Å². The van der Waals surface area contributed by atoms with Crippen LogP contribution in [0.2, 0.25) is 0 Å². The molecule has 0 bridgehead atoms. The molecule has 3 aromatic rings. The number of benzene rings is 2. The number of rotatable bonds is 5. The van der Waals surface area contributed by atoms with Gasteiger partial charge in [-0.3, -0.25) is 25.0 Å². The molecule has 1 N–H and O–H groups in total. The highest BCUT2D eigenvalue weighted by molar-refractivity contribution is 6.04. The normalized spacial score (nSPS) is 10.4. The van der Waals surface area contributed by atoms with E-state index < -0.39 is 15.8 Å². The fourth-order valence-electron chi connectivity index (χ4n) is 2.42. The van der Waals surface area contributed by atoms with Crippen molar-refractivity contribution in [2.45, 2.75) is 6.92 Å². The fraction of sp³-hybridized carbons (Fsp3) is 0.0588. The average Bonchev–Trinajstić information content (AvgIpc) is 3.02. The third kappa shape index (κ3) is 3.79. The zero-order valence-corrected chi connectivity index (χ0v) is 14.0. The van der Waals surface area contributed by atoms with Crippen molar-refractivity contribution in [3.8, 4) is 5.69 Å². The zero-order valence-electron chi connectivity index (χ0n) is 14.0. The maximum atomic E-state index is 12.4. The molecule has 27 heavy (non-hydrogen) atoms. The van der Waals surface area contributed by atoms with Crippen LogP contribution in [0, 0.1) is 27.2 Å². The second-order valence-electron chi connectivity index (χ2n) is 5.61. The number of nitro groups is 2. The Bertz CT molecular complexity index is 1020. The Hall–Kier alpha value is -4.08.